The highest BCUT2D eigenvalue weighted by atomic mass is 32.1. The maximum absolute atomic E-state index is 4.51. The van der Waals surface area contributed by atoms with Crippen LogP contribution in [0.4, 0.5) is 5.69 Å². The molecule has 0 radical (unpaired) electrons. The van der Waals surface area contributed by atoms with Gasteiger partial charge in [0.25, 0.3) is 0 Å². The lowest BCUT2D eigenvalue weighted by molar-refractivity contribution is 0.724. The van der Waals surface area contributed by atoms with Crippen LogP contribution in [0.1, 0.15) is 6.92 Å². The summed E-state index contributed by atoms with van der Waals surface area (Å²) < 4.78 is 0. The summed E-state index contributed by atoms with van der Waals surface area (Å²) >= 11 is 8.87. The van der Waals surface area contributed by atoms with Crippen molar-refractivity contribution in [3.8, 4) is 0 Å². The Morgan fingerprint density at radius 1 is 1.27 bits per heavy atom. The lowest BCUT2D eigenvalue weighted by Crippen LogP contribution is -2.34. The third kappa shape index (κ3) is 7.14. The van der Waals surface area contributed by atoms with Gasteiger partial charge in [0.05, 0.1) is 0 Å². The third-order valence-electron chi connectivity index (χ3n) is 3.18. The first-order valence-corrected chi connectivity index (χ1v) is 8.66. The first kappa shape index (κ1) is 18.8. The van der Waals surface area contributed by atoms with Crippen LogP contribution < -0.4 is 10.2 Å². The number of rotatable bonds is 10. The number of hydrogen-bond acceptors (Lipinski definition) is 4. The van der Waals surface area contributed by atoms with Crippen LogP contribution in [-0.2, 0) is 0 Å². The average Bonchev–Trinajstić information content (AvgIpc) is 2.53. The molecule has 0 saturated heterocycles. The van der Waals surface area contributed by atoms with E-state index in [4.69, 9.17) is 0 Å². The number of allylic oxidation sites excluding steroid dienone is 4. The molecule has 22 heavy (non-hydrogen) atoms. The monoisotopic (exact) mass is 334 g/mol. The molecule has 1 aromatic rings. The van der Waals surface area contributed by atoms with Crippen molar-refractivity contribution in [3.63, 3.8) is 0 Å². The molecule has 0 bridgehead atoms. The van der Waals surface area contributed by atoms with Gasteiger partial charge in [-0.25, -0.2) is 0 Å². The normalized spacial score (nSPS) is 13.1. The smallest absolute Gasteiger partial charge is 0.0386 e. The number of benzene rings is 1. The second-order valence-corrected chi connectivity index (χ2v) is 6.11. The largest absolute Gasteiger partial charge is 0.386 e. The summed E-state index contributed by atoms with van der Waals surface area (Å²) in [5.41, 5.74) is 2.34. The second kappa shape index (κ2) is 11.3. The predicted octanol–water partition coefficient (Wildman–Crippen LogP) is 3.96. The highest BCUT2D eigenvalue weighted by Crippen LogP contribution is 2.13. The highest BCUT2D eigenvalue weighted by Gasteiger charge is 2.06. The number of thiol groups is 2. The van der Waals surface area contributed by atoms with Crippen LogP contribution in [0.3, 0.4) is 0 Å². The summed E-state index contributed by atoms with van der Waals surface area (Å²) in [7, 11) is 0. The van der Waals surface area contributed by atoms with Crippen molar-refractivity contribution in [1.82, 2.24) is 5.32 Å². The molecule has 1 aromatic carbocycles. The topological polar surface area (TPSA) is 15.3 Å². The fourth-order valence-corrected chi connectivity index (χ4v) is 2.47. The van der Waals surface area contributed by atoms with Crippen molar-refractivity contribution in [2.75, 3.05) is 30.3 Å². The lowest BCUT2D eigenvalue weighted by atomic mass is 10.2. The summed E-state index contributed by atoms with van der Waals surface area (Å²) in [6, 6.07) is 10.4. The molecule has 0 amide bonds. The number of nitrogens with one attached hydrogen (secondary N) is 1. The van der Waals surface area contributed by atoms with Crippen molar-refractivity contribution >= 4 is 30.9 Å². The first-order chi connectivity index (χ1) is 10.7. The Morgan fingerprint density at radius 3 is 2.59 bits per heavy atom. The molecule has 0 aliphatic heterocycles. The maximum atomic E-state index is 4.51. The van der Waals surface area contributed by atoms with E-state index in [1.807, 2.05) is 24.3 Å². The van der Waals surface area contributed by atoms with Gasteiger partial charge in [-0.2, -0.15) is 25.3 Å². The number of hydrogen-bond donors (Lipinski definition) is 3. The van der Waals surface area contributed by atoms with E-state index in [0.29, 0.717) is 0 Å². The zero-order valence-corrected chi connectivity index (χ0v) is 14.9. The molecule has 0 fully saturated rings. The van der Waals surface area contributed by atoms with Crippen LogP contribution in [0.15, 0.2) is 66.9 Å². The van der Waals surface area contributed by atoms with E-state index in [1.165, 1.54) is 5.69 Å². The standard InChI is InChI=1S/C18H26N2S2/c1-3-4-6-11-18(16(2)22)19-12-13-20(14-15-21)17-9-7-5-8-10-17/h3-11,16,19,21-22H,1,12-15H2,2H3/b6-4-,18-11+. The fraction of sp³-hybridized carbons (Fsp3) is 0.333. The van der Waals surface area contributed by atoms with E-state index in [0.717, 1.165) is 31.1 Å². The van der Waals surface area contributed by atoms with Gasteiger partial charge < -0.3 is 10.2 Å². The van der Waals surface area contributed by atoms with Gasteiger partial charge >= 0.3 is 0 Å². The van der Waals surface area contributed by atoms with E-state index in [2.05, 4.69) is 73.2 Å². The summed E-state index contributed by atoms with van der Waals surface area (Å²) in [5.74, 6) is 0.836. The fourth-order valence-electron chi connectivity index (χ4n) is 2.05. The molecular formula is C18H26N2S2. The van der Waals surface area contributed by atoms with Gasteiger partial charge in [-0.15, -0.1) is 0 Å². The van der Waals surface area contributed by atoms with E-state index in [-0.39, 0.29) is 5.25 Å². The summed E-state index contributed by atoms with van der Waals surface area (Å²) in [6.45, 7) is 8.45. The van der Waals surface area contributed by atoms with Crippen LogP contribution in [0, 0.1) is 0 Å². The van der Waals surface area contributed by atoms with Crippen molar-refractivity contribution in [2.45, 2.75) is 12.2 Å². The van der Waals surface area contributed by atoms with Gasteiger partial charge in [-0.05, 0) is 25.1 Å². The van der Waals surface area contributed by atoms with Crippen LogP contribution in [0.2, 0.25) is 0 Å². The quantitative estimate of drug-likeness (QED) is 0.443. The maximum Gasteiger partial charge on any atom is 0.0386 e. The molecule has 0 aliphatic rings. The Balaban J connectivity index is 2.59. The third-order valence-corrected chi connectivity index (χ3v) is 3.65. The molecule has 0 saturated carbocycles. The van der Waals surface area contributed by atoms with E-state index >= 15 is 0 Å². The molecule has 1 unspecified atom stereocenters. The van der Waals surface area contributed by atoms with E-state index < -0.39 is 0 Å². The molecule has 1 rings (SSSR count). The van der Waals surface area contributed by atoms with E-state index in [9.17, 15) is 0 Å². The summed E-state index contributed by atoms with van der Waals surface area (Å²) in [6.07, 6.45) is 7.70. The van der Waals surface area contributed by atoms with Gasteiger partial charge in [-0.3, -0.25) is 0 Å². The first-order valence-electron chi connectivity index (χ1n) is 7.51. The minimum absolute atomic E-state index is 0.171. The van der Waals surface area contributed by atoms with Gasteiger partial charge in [0.1, 0.15) is 0 Å². The van der Waals surface area contributed by atoms with Crippen molar-refractivity contribution in [1.29, 1.82) is 0 Å². The van der Waals surface area contributed by atoms with E-state index in [1.54, 1.807) is 6.08 Å². The van der Waals surface area contributed by atoms with Gasteiger partial charge in [0.15, 0.2) is 0 Å². The summed E-state index contributed by atoms with van der Waals surface area (Å²) in [5, 5.41) is 3.64. The predicted molar refractivity (Wildman–Crippen MR) is 106 cm³/mol. The Labute approximate surface area is 145 Å². The molecule has 120 valence electrons. The molecule has 0 aromatic heterocycles. The highest BCUT2D eigenvalue weighted by molar-refractivity contribution is 7.81. The Kier molecular flexibility index (Phi) is 9.67. The summed E-state index contributed by atoms with van der Waals surface area (Å²) in [4.78, 5) is 2.33. The molecule has 1 N–H and O–H groups in total. The Bertz CT molecular complexity index is 481. The number of anilines is 1. The Hall–Kier alpha value is -1.26. The molecule has 2 nitrogen and oxygen atoms in total. The van der Waals surface area contributed by atoms with Crippen molar-refractivity contribution < 1.29 is 0 Å². The van der Waals surface area contributed by atoms with Crippen molar-refractivity contribution in [2.24, 2.45) is 0 Å². The number of para-hydroxylation sites is 1. The molecule has 0 heterocycles. The van der Waals surface area contributed by atoms with Crippen LogP contribution in [0.25, 0.3) is 0 Å². The van der Waals surface area contributed by atoms with Gasteiger partial charge in [-0.1, -0.05) is 43.0 Å². The minimum Gasteiger partial charge on any atom is -0.386 e. The van der Waals surface area contributed by atoms with Crippen LogP contribution in [0.5, 0.6) is 0 Å². The minimum atomic E-state index is 0.171. The second-order valence-electron chi connectivity index (χ2n) is 4.89. The van der Waals surface area contributed by atoms with Crippen LogP contribution in [-0.4, -0.2) is 30.6 Å². The zero-order chi connectivity index (χ0) is 16.2. The molecule has 1 atom stereocenters. The molecule has 0 spiro atoms. The molecular weight excluding hydrogens is 308 g/mol. The molecule has 0 aliphatic carbocycles. The molecule has 4 heteroatoms. The zero-order valence-electron chi connectivity index (χ0n) is 13.2. The SMILES string of the molecule is C=C/C=C\C=C(\NCCN(CCS)c1ccccc1)C(C)S. The lowest BCUT2D eigenvalue weighted by Gasteiger charge is -2.25. The van der Waals surface area contributed by atoms with Gasteiger partial charge in [0.2, 0.25) is 0 Å². The van der Waals surface area contributed by atoms with Crippen molar-refractivity contribution in [3.05, 3.63) is 66.9 Å². The average molecular weight is 335 g/mol. The van der Waals surface area contributed by atoms with Gasteiger partial charge in [0, 0.05) is 42.0 Å². The Morgan fingerprint density at radius 2 is 2.00 bits per heavy atom. The number of nitrogens with zero attached hydrogens (tertiary/aromatic N) is 1. The van der Waals surface area contributed by atoms with Crippen LogP contribution >= 0.6 is 25.3 Å².